The smallest absolute Gasteiger partial charge is 0.261 e. The third-order valence-electron chi connectivity index (χ3n) is 6.20. The molecule has 1 N–H and O–H groups in total. The van der Waals surface area contributed by atoms with Crippen molar-refractivity contribution in [3.05, 3.63) is 59.7 Å². The average Bonchev–Trinajstić information content (AvgIpc) is 3.11. The van der Waals surface area contributed by atoms with Crippen molar-refractivity contribution in [1.29, 1.82) is 0 Å². The molecule has 1 fully saturated rings. The first-order chi connectivity index (χ1) is 16.1. The molecule has 8 nitrogen and oxygen atoms in total. The number of piperazine rings is 1. The quantitative estimate of drug-likeness (QED) is 0.303. The molecule has 2 amide bonds. The molecule has 0 aromatic heterocycles. The number of amides is 2. The molecule has 174 valence electrons. The number of unbranched alkanes of at least 4 members (excludes halogenated alkanes) is 1. The molecule has 0 atom stereocenters. The highest BCUT2D eigenvalue weighted by atomic mass is 16.5. The Bertz CT molecular complexity index is 978. The van der Waals surface area contributed by atoms with Crippen molar-refractivity contribution in [2.45, 2.75) is 12.8 Å². The molecule has 2 aliphatic heterocycles. The Morgan fingerprint density at radius 3 is 2.15 bits per heavy atom. The van der Waals surface area contributed by atoms with Crippen LogP contribution < -0.4 is 15.0 Å². The van der Waals surface area contributed by atoms with Crippen LogP contribution in [0.4, 0.5) is 5.69 Å². The highest BCUT2D eigenvalue weighted by Gasteiger charge is 2.34. The number of benzene rings is 2. The number of hydrogen-bond donors (Lipinski definition) is 1. The van der Waals surface area contributed by atoms with E-state index in [1.807, 2.05) is 12.1 Å². The number of ether oxygens (including phenoxy) is 1. The molecule has 2 aromatic rings. The van der Waals surface area contributed by atoms with Crippen LogP contribution in [-0.4, -0.2) is 81.0 Å². The predicted octanol–water partition coefficient (Wildman–Crippen LogP) is 2.47. The van der Waals surface area contributed by atoms with Gasteiger partial charge in [0.1, 0.15) is 5.75 Å². The first-order valence-corrected chi connectivity index (χ1v) is 11.4. The fourth-order valence-electron chi connectivity index (χ4n) is 4.34. The molecule has 4 rings (SSSR count). The number of hydrogen-bond acceptors (Lipinski definition) is 5. The molecular formula is C25H31N5O3. The fourth-order valence-corrected chi connectivity index (χ4v) is 4.34. The van der Waals surface area contributed by atoms with E-state index in [4.69, 9.17) is 4.74 Å². The lowest BCUT2D eigenvalue weighted by atomic mass is 10.1. The van der Waals surface area contributed by atoms with Crippen molar-refractivity contribution in [2.75, 3.05) is 58.3 Å². The number of aliphatic imine (C=N–C) groups is 1. The number of methoxy groups -OCH3 is 1. The van der Waals surface area contributed by atoms with E-state index in [1.54, 1.807) is 38.4 Å². The molecule has 0 saturated carbocycles. The van der Waals surface area contributed by atoms with Gasteiger partial charge in [0.2, 0.25) is 0 Å². The van der Waals surface area contributed by atoms with Crippen molar-refractivity contribution in [3.8, 4) is 5.75 Å². The lowest BCUT2D eigenvalue weighted by Gasteiger charge is -2.37. The second-order valence-electron chi connectivity index (χ2n) is 8.16. The summed E-state index contributed by atoms with van der Waals surface area (Å²) in [4.78, 5) is 35.3. The van der Waals surface area contributed by atoms with Gasteiger partial charge in [0.15, 0.2) is 5.96 Å². The lowest BCUT2D eigenvalue weighted by Crippen LogP contribution is -2.52. The van der Waals surface area contributed by atoms with Gasteiger partial charge in [-0.25, -0.2) is 0 Å². The Hall–Kier alpha value is -3.55. The van der Waals surface area contributed by atoms with Gasteiger partial charge < -0.3 is 19.9 Å². The van der Waals surface area contributed by atoms with Crippen molar-refractivity contribution >= 4 is 23.5 Å². The third kappa shape index (κ3) is 4.94. The molecule has 8 heteroatoms. The van der Waals surface area contributed by atoms with Crippen LogP contribution in [-0.2, 0) is 0 Å². The van der Waals surface area contributed by atoms with E-state index in [-0.39, 0.29) is 11.8 Å². The minimum absolute atomic E-state index is 0.186. The van der Waals surface area contributed by atoms with Crippen LogP contribution in [0.5, 0.6) is 5.75 Å². The van der Waals surface area contributed by atoms with Gasteiger partial charge in [0.25, 0.3) is 11.8 Å². The van der Waals surface area contributed by atoms with Crippen molar-refractivity contribution in [1.82, 2.24) is 15.1 Å². The predicted molar refractivity (Wildman–Crippen MR) is 129 cm³/mol. The third-order valence-corrected chi connectivity index (χ3v) is 6.20. The average molecular weight is 450 g/mol. The molecule has 0 unspecified atom stereocenters. The highest BCUT2D eigenvalue weighted by molar-refractivity contribution is 6.21. The zero-order valence-electron chi connectivity index (χ0n) is 19.3. The molecule has 2 aromatic carbocycles. The van der Waals surface area contributed by atoms with Crippen LogP contribution in [0.2, 0.25) is 0 Å². The van der Waals surface area contributed by atoms with E-state index in [0.29, 0.717) is 17.7 Å². The van der Waals surface area contributed by atoms with Crippen LogP contribution >= 0.6 is 0 Å². The molecule has 0 radical (unpaired) electrons. The fraction of sp³-hybridized carbons (Fsp3) is 0.400. The maximum atomic E-state index is 12.4. The normalized spacial score (nSPS) is 16.3. The monoisotopic (exact) mass is 449 g/mol. The summed E-state index contributed by atoms with van der Waals surface area (Å²) in [6.07, 6.45) is 1.60. The lowest BCUT2D eigenvalue weighted by molar-refractivity contribution is 0.0652. The van der Waals surface area contributed by atoms with Gasteiger partial charge in [-0.3, -0.25) is 19.5 Å². The number of fused-ring (bicyclic) bond motifs is 1. The van der Waals surface area contributed by atoms with E-state index >= 15 is 0 Å². The number of carbonyl (C=O) groups is 2. The van der Waals surface area contributed by atoms with E-state index in [9.17, 15) is 9.59 Å². The Morgan fingerprint density at radius 2 is 1.58 bits per heavy atom. The molecular weight excluding hydrogens is 418 g/mol. The van der Waals surface area contributed by atoms with Crippen molar-refractivity contribution in [3.63, 3.8) is 0 Å². The number of rotatable bonds is 7. The van der Waals surface area contributed by atoms with Crippen LogP contribution in [0.1, 0.15) is 33.6 Å². The standard InChI is InChI=1S/C25H31N5O3/c1-26-25(29-17-15-28(16-18-29)19-9-11-20(33-2)12-10-19)27-13-5-6-14-30-23(31)21-7-3-4-8-22(21)24(30)32/h3-4,7-12H,5-6,13-18H2,1-2H3,(H,26,27). The zero-order chi connectivity index (χ0) is 23.2. The van der Waals surface area contributed by atoms with Gasteiger partial charge in [0, 0.05) is 52.0 Å². The molecule has 2 heterocycles. The van der Waals surface area contributed by atoms with Crippen LogP contribution in [0.25, 0.3) is 0 Å². The van der Waals surface area contributed by atoms with E-state index in [0.717, 1.165) is 57.3 Å². The van der Waals surface area contributed by atoms with E-state index in [1.165, 1.54) is 10.6 Å². The van der Waals surface area contributed by atoms with Gasteiger partial charge >= 0.3 is 0 Å². The van der Waals surface area contributed by atoms with Crippen molar-refractivity contribution < 1.29 is 14.3 Å². The van der Waals surface area contributed by atoms with Crippen molar-refractivity contribution in [2.24, 2.45) is 4.99 Å². The summed E-state index contributed by atoms with van der Waals surface area (Å²) in [5.74, 6) is 1.39. The molecule has 0 spiro atoms. The summed E-state index contributed by atoms with van der Waals surface area (Å²) >= 11 is 0. The molecule has 2 aliphatic rings. The Labute approximate surface area is 194 Å². The summed E-state index contributed by atoms with van der Waals surface area (Å²) in [5.41, 5.74) is 2.22. The summed E-state index contributed by atoms with van der Waals surface area (Å²) in [5, 5.41) is 3.43. The largest absolute Gasteiger partial charge is 0.497 e. The first kappa shape index (κ1) is 22.6. The minimum Gasteiger partial charge on any atom is -0.497 e. The summed E-state index contributed by atoms with van der Waals surface area (Å²) in [6.45, 7) is 4.81. The molecule has 33 heavy (non-hydrogen) atoms. The Kier molecular flexibility index (Phi) is 7.12. The first-order valence-electron chi connectivity index (χ1n) is 11.4. The molecule has 0 aliphatic carbocycles. The number of carbonyl (C=O) groups excluding carboxylic acids is 2. The SMILES string of the molecule is CN=C(NCCCCN1C(=O)c2ccccc2C1=O)N1CCN(c2ccc(OC)cc2)CC1. The summed E-state index contributed by atoms with van der Waals surface area (Å²) in [7, 11) is 3.48. The maximum absolute atomic E-state index is 12.4. The maximum Gasteiger partial charge on any atom is 0.261 e. The topological polar surface area (TPSA) is 77.5 Å². The van der Waals surface area contributed by atoms with Gasteiger partial charge in [-0.2, -0.15) is 0 Å². The minimum atomic E-state index is -0.186. The van der Waals surface area contributed by atoms with Gasteiger partial charge in [-0.05, 0) is 49.2 Å². The van der Waals surface area contributed by atoms with Crippen LogP contribution in [0.15, 0.2) is 53.5 Å². The van der Waals surface area contributed by atoms with Gasteiger partial charge in [-0.15, -0.1) is 0 Å². The van der Waals surface area contributed by atoms with Gasteiger partial charge in [-0.1, -0.05) is 12.1 Å². The van der Waals surface area contributed by atoms with Crippen LogP contribution in [0.3, 0.4) is 0 Å². The molecule has 1 saturated heterocycles. The summed E-state index contributed by atoms with van der Waals surface area (Å²) < 4.78 is 5.24. The number of nitrogens with zero attached hydrogens (tertiary/aromatic N) is 4. The number of nitrogens with one attached hydrogen (secondary N) is 1. The van der Waals surface area contributed by atoms with E-state index < -0.39 is 0 Å². The van der Waals surface area contributed by atoms with Crippen LogP contribution in [0, 0.1) is 0 Å². The summed E-state index contributed by atoms with van der Waals surface area (Å²) in [6, 6.07) is 15.2. The number of imide groups is 1. The zero-order valence-corrected chi connectivity index (χ0v) is 19.3. The molecule has 0 bridgehead atoms. The number of anilines is 1. The highest BCUT2D eigenvalue weighted by Crippen LogP contribution is 2.23. The van der Waals surface area contributed by atoms with E-state index in [2.05, 4.69) is 32.2 Å². The Morgan fingerprint density at radius 1 is 0.939 bits per heavy atom. The van der Waals surface area contributed by atoms with Gasteiger partial charge in [0.05, 0.1) is 18.2 Å². The Balaban J connectivity index is 1.18. The number of guanidine groups is 1. The second-order valence-corrected chi connectivity index (χ2v) is 8.16. The second kappa shape index (κ2) is 10.4.